The van der Waals surface area contributed by atoms with Crippen LogP contribution < -0.4 is 16.0 Å². The molecular formula is C19H16N2O6. The Balaban J connectivity index is 2.32. The number of aromatic amines is 1. The first kappa shape index (κ1) is 18.0. The predicted molar refractivity (Wildman–Crippen MR) is 99.5 cm³/mol. The van der Waals surface area contributed by atoms with Crippen molar-refractivity contribution in [3.05, 3.63) is 57.9 Å². The van der Waals surface area contributed by atoms with Gasteiger partial charge in [0.05, 0.1) is 6.61 Å². The van der Waals surface area contributed by atoms with Crippen LogP contribution >= 0.6 is 0 Å². The Labute approximate surface area is 152 Å². The Morgan fingerprint density at radius 1 is 1.04 bits per heavy atom. The summed E-state index contributed by atoms with van der Waals surface area (Å²) in [7, 11) is 0. The normalized spacial score (nSPS) is 10.7. The number of carboxylic acids is 2. The molecule has 0 amide bonds. The minimum absolute atomic E-state index is 0.230. The van der Waals surface area contributed by atoms with Crippen molar-refractivity contribution in [1.82, 2.24) is 4.98 Å². The molecule has 3 aromatic rings. The number of fused-ring (bicyclic) bond motifs is 1. The second-order valence-electron chi connectivity index (χ2n) is 5.76. The van der Waals surface area contributed by atoms with Crippen molar-refractivity contribution in [2.75, 3.05) is 12.3 Å². The zero-order valence-corrected chi connectivity index (χ0v) is 14.3. The summed E-state index contributed by atoms with van der Waals surface area (Å²) >= 11 is 0. The molecule has 138 valence electrons. The standard InChI is InChI=1S/C19H16N2O6/c1-2-27-12-6-5-9-7-11(4-3-10(9)8-12)13-14(18(23)24)16(20)21-17(22)15(13)19(25)26/h3-8H,2H2,1H3,(H,23,24)(H,25,26)(H3,20,21,22). The highest BCUT2D eigenvalue weighted by molar-refractivity contribution is 6.08. The van der Waals surface area contributed by atoms with E-state index in [2.05, 4.69) is 4.98 Å². The van der Waals surface area contributed by atoms with E-state index in [1.807, 2.05) is 13.0 Å². The van der Waals surface area contributed by atoms with Crippen molar-refractivity contribution in [2.45, 2.75) is 6.92 Å². The molecule has 0 saturated carbocycles. The Bertz CT molecular complexity index is 1130. The Morgan fingerprint density at radius 2 is 1.67 bits per heavy atom. The van der Waals surface area contributed by atoms with Gasteiger partial charge in [0.15, 0.2) is 0 Å². The molecule has 8 nitrogen and oxygen atoms in total. The third-order valence-electron chi connectivity index (χ3n) is 4.08. The number of H-pyrrole nitrogens is 1. The van der Waals surface area contributed by atoms with E-state index in [-0.39, 0.29) is 11.1 Å². The molecule has 0 spiro atoms. The molecule has 0 fully saturated rings. The first-order valence-corrected chi connectivity index (χ1v) is 8.02. The molecule has 2 aromatic carbocycles. The van der Waals surface area contributed by atoms with Crippen molar-refractivity contribution in [3.8, 4) is 16.9 Å². The van der Waals surface area contributed by atoms with Gasteiger partial charge in [-0.3, -0.25) is 4.79 Å². The van der Waals surface area contributed by atoms with E-state index in [4.69, 9.17) is 10.5 Å². The molecule has 0 aliphatic heterocycles. The lowest BCUT2D eigenvalue weighted by atomic mass is 9.93. The quantitative estimate of drug-likeness (QED) is 0.542. The number of pyridine rings is 1. The molecule has 0 saturated heterocycles. The fraction of sp³-hybridized carbons (Fsp3) is 0.105. The topological polar surface area (TPSA) is 143 Å². The van der Waals surface area contributed by atoms with E-state index in [0.717, 1.165) is 10.8 Å². The molecule has 1 heterocycles. The van der Waals surface area contributed by atoms with Crippen LogP contribution in [0.1, 0.15) is 27.6 Å². The van der Waals surface area contributed by atoms with Gasteiger partial charge in [0.25, 0.3) is 5.56 Å². The van der Waals surface area contributed by atoms with Gasteiger partial charge in [-0.1, -0.05) is 18.2 Å². The molecule has 0 bridgehead atoms. The first-order chi connectivity index (χ1) is 12.8. The van der Waals surface area contributed by atoms with Gasteiger partial charge >= 0.3 is 11.9 Å². The van der Waals surface area contributed by atoms with Crippen LogP contribution in [0, 0.1) is 0 Å². The van der Waals surface area contributed by atoms with E-state index in [1.54, 1.807) is 30.3 Å². The lowest BCUT2D eigenvalue weighted by molar-refractivity contribution is 0.0695. The maximum atomic E-state index is 12.1. The van der Waals surface area contributed by atoms with Gasteiger partial charge in [0, 0.05) is 5.56 Å². The highest BCUT2D eigenvalue weighted by Gasteiger charge is 2.26. The van der Waals surface area contributed by atoms with Gasteiger partial charge in [-0.25, -0.2) is 9.59 Å². The van der Waals surface area contributed by atoms with Crippen molar-refractivity contribution in [2.24, 2.45) is 0 Å². The van der Waals surface area contributed by atoms with Crippen LogP contribution in [0.5, 0.6) is 5.75 Å². The molecule has 3 rings (SSSR count). The second-order valence-corrected chi connectivity index (χ2v) is 5.76. The molecular weight excluding hydrogens is 352 g/mol. The summed E-state index contributed by atoms with van der Waals surface area (Å²) in [5, 5.41) is 20.5. The Kier molecular flexibility index (Phi) is 4.55. The number of aromatic carboxylic acids is 2. The van der Waals surface area contributed by atoms with Crippen LogP contribution in [0.25, 0.3) is 21.9 Å². The average molecular weight is 368 g/mol. The van der Waals surface area contributed by atoms with E-state index >= 15 is 0 Å². The minimum atomic E-state index is -1.54. The van der Waals surface area contributed by atoms with Crippen molar-refractivity contribution >= 4 is 28.5 Å². The van der Waals surface area contributed by atoms with Crippen molar-refractivity contribution in [3.63, 3.8) is 0 Å². The van der Waals surface area contributed by atoms with Crippen LogP contribution in [0.4, 0.5) is 5.82 Å². The predicted octanol–water partition coefficient (Wildman–Crippen LogP) is 2.57. The fourth-order valence-corrected chi connectivity index (χ4v) is 2.97. The van der Waals surface area contributed by atoms with E-state index in [9.17, 15) is 24.6 Å². The summed E-state index contributed by atoms with van der Waals surface area (Å²) in [6.45, 7) is 2.38. The van der Waals surface area contributed by atoms with Crippen molar-refractivity contribution < 1.29 is 24.5 Å². The fourth-order valence-electron chi connectivity index (χ4n) is 2.97. The smallest absolute Gasteiger partial charge is 0.342 e. The number of nitrogens with two attached hydrogens (primary N) is 1. The number of carbonyl (C=O) groups is 2. The number of hydrogen-bond acceptors (Lipinski definition) is 5. The maximum absolute atomic E-state index is 12.1. The van der Waals surface area contributed by atoms with E-state index in [1.165, 1.54) is 0 Å². The molecule has 5 N–H and O–H groups in total. The van der Waals surface area contributed by atoms with Crippen LogP contribution in [0.15, 0.2) is 41.2 Å². The number of anilines is 1. The highest BCUT2D eigenvalue weighted by atomic mass is 16.5. The number of nitrogen functional groups attached to an aromatic ring is 1. The molecule has 0 radical (unpaired) electrons. The zero-order chi connectivity index (χ0) is 19.7. The van der Waals surface area contributed by atoms with Gasteiger partial charge in [0.2, 0.25) is 0 Å². The summed E-state index contributed by atoms with van der Waals surface area (Å²) < 4.78 is 5.44. The van der Waals surface area contributed by atoms with Crippen molar-refractivity contribution in [1.29, 1.82) is 0 Å². The molecule has 27 heavy (non-hydrogen) atoms. The average Bonchev–Trinajstić information content (AvgIpc) is 2.60. The maximum Gasteiger partial charge on any atom is 0.342 e. The number of hydrogen-bond donors (Lipinski definition) is 4. The summed E-state index contributed by atoms with van der Waals surface area (Å²) in [5.74, 6) is -2.71. The SMILES string of the molecule is CCOc1ccc2cc(-c3c(C(=O)O)c(N)[nH]c(=O)c3C(=O)O)ccc2c1. The number of ether oxygens (including phenoxy) is 1. The third-order valence-corrected chi connectivity index (χ3v) is 4.08. The zero-order valence-electron chi connectivity index (χ0n) is 14.3. The molecule has 1 aromatic heterocycles. The summed E-state index contributed by atoms with van der Waals surface area (Å²) in [4.78, 5) is 37.5. The summed E-state index contributed by atoms with van der Waals surface area (Å²) in [6.07, 6.45) is 0. The lowest BCUT2D eigenvalue weighted by Crippen LogP contribution is -2.24. The number of benzene rings is 2. The van der Waals surface area contributed by atoms with Crippen LogP contribution in [-0.4, -0.2) is 33.7 Å². The first-order valence-electron chi connectivity index (χ1n) is 8.02. The number of aromatic nitrogens is 1. The van der Waals surface area contributed by atoms with Gasteiger partial charge in [-0.15, -0.1) is 0 Å². The molecule has 0 atom stereocenters. The van der Waals surface area contributed by atoms with Gasteiger partial charge < -0.3 is 25.7 Å². The van der Waals surface area contributed by atoms with E-state index in [0.29, 0.717) is 12.4 Å². The largest absolute Gasteiger partial charge is 0.494 e. The van der Waals surface area contributed by atoms with E-state index < -0.39 is 34.4 Å². The molecule has 0 aliphatic carbocycles. The molecule has 0 unspecified atom stereocenters. The summed E-state index contributed by atoms with van der Waals surface area (Å²) in [6, 6.07) is 10.2. The Morgan fingerprint density at radius 3 is 2.30 bits per heavy atom. The minimum Gasteiger partial charge on any atom is -0.494 e. The van der Waals surface area contributed by atoms with Crippen LogP contribution in [-0.2, 0) is 0 Å². The number of rotatable bonds is 5. The third kappa shape index (κ3) is 3.20. The van der Waals surface area contributed by atoms with Crippen LogP contribution in [0.2, 0.25) is 0 Å². The van der Waals surface area contributed by atoms with Crippen LogP contribution in [0.3, 0.4) is 0 Å². The molecule has 0 aliphatic rings. The summed E-state index contributed by atoms with van der Waals surface area (Å²) in [5.41, 5.74) is 3.58. The second kappa shape index (κ2) is 6.83. The highest BCUT2D eigenvalue weighted by Crippen LogP contribution is 2.32. The van der Waals surface area contributed by atoms with Gasteiger partial charge in [-0.2, -0.15) is 0 Å². The van der Waals surface area contributed by atoms with Gasteiger partial charge in [-0.05, 0) is 41.5 Å². The Hall–Kier alpha value is -3.81. The lowest BCUT2D eigenvalue weighted by Gasteiger charge is -2.13. The monoisotopic (exact) mass is 368 g/mol. The van der Waals surface area contributed by atoms with Gasteiger partial charge in [0.1, 0.15) is 22.7 Å². The number of nitrogens with one attached hydrogen (secondary N) is 1. The molecule has 8 heteroatoms. The number of carboxylic acid groups (broad SMARTS) is 2.